The van der Waals surface area contributed by atoms with Gasteiger partial charge in [-0.3, -0.25) is 4.79 Å². The summed E-state index contributed by atoms with van der Waals surface area (Å²) in [4.78, 5) is 11.6. The summed E-state index contributed by atoms with van der Waals surface area (Å²) in [6.07, 6.45) is 10.9. The molecule has 0 aliphatic heterocycles. The third kappa shape index (κ3) is 5.76. The first-order chi connectivity index (χ1) is 12.3. The zero-order valence-corrected chi connectivity index (χ0v) is 15.6. The number of carbonyl (C=O) groups excluding carboxylic acids is 1. The van der Waals surface area contributed by atoms with Crippen molar-refractivity contribution in [2.75, 3.05) is 13.2 Å². The molecule has 2 aliphatic carbocycles. The van der Waals surface area contributed by atoms with Crippen molar-refractivity contribution in [3.8, 4) is 5.75 Å². The Balaban J connectivity index is 1.37. The Bertz CT molecular complexity index is 551. The standard InChI is InChI=1S/C22H33NO2/c1-2-7-22(24)23-16-19-15-21(19)18-11-5-12-20(14-18)25-13-6-10-17-8-3-4-9-17/h5,11-12,14,17,19,21H,2-4,6-10,13,15-16H2,1H3,(H,23,24)/t19-,21-/m0/s1. The van der Waals surface area contributed by atoms with E-state index in [2.05, 4.69) is 29.6 Å². The first-order valence-electron chi connectivity index (χ1n) is 10.3. The highest BCUT2D eigenvalue weighted by atomic mass is 16.5. The van der Waals surface area contributed by atoms with Crippen molar-refractivity contribution in [2.24, 2.45) is 11.8 Å². The van der Waals surface area contributed by atoms with Crippen LogP contribution in [0, 0.1) is 11.8 Å². The Morgan fingerprint density at radius 2 is 2.12 bits per heavy atom. The lowest BCUT2D eigenvalue weighted by Crippen LogP contribution is -2.25. The smallest absolute Gasteiger partial charge is 0.219 e. The molecule has 0 unspecified atom stereocenters. The van der Waals surface area contributed by atoms with Crippen LogP contribution in [0.15, 0.2) is 24.3 Å². The topological polar surface area (TPSA) is 38.3 Å². The van der Waals surface area contributed by atoms with Crippen LogP contribution in [0.25, 0.3) is 0 Å². The summed E-state index contributed by atoms with van der Waals surface area (Å²) >= 11 is 0. The molecular formula is C22H33NO2. The zero-order chi connectivity index (χ0) is 17.5. The number of carbonyl (C=O) groups is 1. The van der Waals surface area contributed by atoms with Crippen molar-refractivity contribution in [2.45, 2.75) is 70.6 Å². The van der Waals surface area contributed by atoms with Gasteiger partial charge in [-0.15, -0.1) is 0 Å². The highest BCUT2D eigenvalue weighted by molar-refractivity contribution is 5.75. The number of rotatable bonds is 10. The first-order valence-corrected chi connectivity index (χ1v) is 10.3. The van der Waals surface area contributed by atoms with Gasteiger partial charge in [0.05, 0.1) is 6.61 Å². The van der Waals surface area contributed by atoms with E-state index >= 15 is 0 Å². The van der Waals surface area contributed by atoms with Gasteiger partial charge in [0.2, 0.25) is 5.91 Å². The molecule has 0 bridgehead atoms. The van der Waals surface area contributed by atoms with E-state index in [1.807, 2.05) is 6.92 Å². The quantitative estimate of drug-likeness (QED) is 0.603. The number of benzene rings is 1. The van der Waals surface area contributed by atoms with Crippen molar-refractivity contribution >= 4 is 5.91 Å². The van der Waals surface area contributed by atoms with Crippen molar-refractivity contribution < 1.29 is 9.53 Å². The predicted molar refractivity (Wildman–Crippen MR) is 102 cm³/mol. The minimum absolute atomic E-state index is 0.187. The molecule has 0 saturated heterocycles. The van der Waals surface area contributed by atoms with Crippen molar-refractivity contribution in [1.82, 2.24) is 5.32 Å². The van der Waals surface area contributed by atoms with Crippen molar-refractivity contribution in [3.05, 3.63) is 29.8 Å². The molecular weight excluding hydrogens is 310 g/mol. The number of hydrogen-bond acceptors (Lipinski definition) is 2. The second-order valence-electron chi connectivity index (χ2n) is 7.87. The van der Waals surface area contributed by atoms with Crippen LogP contribution in [0.3, 0.4) is 0 Å². The Morgan fingerprint density at radius 3 is 2.92 bits per heavy atom. The molecule has 25 heavy (non-hydrogen) atoms. The molecule has 3 nitrogen and oxygen atoms in total. The monoisotopic (exact) mass is 343 g/mol. The van der Waals surface area contributed by atoms with Crippen LogP contribution in [-0.2, 0) is 4.79 Å². The highest BCUT2D eigenvalue weighted by Crippen LogP contribution is 2.47. The van der Waals surface area contributed by atoms with Gasteiger partial charge in [0.25, 0.3) is 0 Å². The van der Waals surface area contributed by atoms with Crippen LogP contribution in [0.1, 0.15) is 76.2 Å². The minimum atomic E-state index is 0.187. The predicted octanol–water partition coefficient (Wildman–Crippen LogP) is 5.06. The maximum Gasteiger partial charge on any atom is 0.219 e. The lowest BCUT2D eigenvalue weighted by molar-refractivity contribution is -0.121. The van der Waals surface area contributed by atoms with Crippen LogP contribution in [0.4, 0.5) is 0 Å². The lowest BCUT2D eigenvalue weighted by atomic mass is 10.0. The molecule has 2 fully saturated rings. The second-order valence-corrected chi connectivity index (χ2v) is 7.87. The fourth-order valence-electron chi connectivity index (χ4n) is 4.14. The van der Waals surface area contributed by atoms with Crippen LogP contribution in [0.5, 0.6) is 5.75 Å². The first kappa shape index (κ1) is 18.3. The van der Waals surface area contributed by atoms with E-state index in [-0.39, 0.29) is 5.91 Å². The molecule has 2 atom stereocenters. The zero-order valence-electron chi connectivity index (χ0n) is 15.6. The molecule has 3 heteroatoms. The van der Waals surface area contributed by atoms with E-state index in [1.165, 1.54) is 50.5 Å². The number of hydrogen-bond donors (Lipinski definition) is 1. The molecule has 1 amide bonds. The molecule has 2 aliphatic rings. The highest BCUT2D eigenvalue weighted by Gasteiger charge is 2.38. The SMILES string of the molecule is CCCC(=O)NC[C@@H]1C[C@H]1c1cccc(OCCCC2CCCC2)c1. The summed E-state index contributed by atoms with van der Waals surface area (Å²) in [5.74, 6) is 3.32. The lowest BCUT2D eigenvalue weighted by Gasteiger charge is -2.11. The normalized spacial score (nSPS) is 22.8. The van der Waals surface area contributed by atoms with E-state index in [0.29, 0.717) is 18.3 Å². The summed E-state index contributed by atoms with van der Waals surface area (Å²) < 4.78 is 5.98. The summed E-state index contributed by atoms with van der Waals surface area (Å²) in [6.45, 7) is 3.69. The van der Waals surface area contributed by atoms with Gasteiger partial charge in [0.1, 0.15) is 5.75 Å². The van der Waals surface area contributed by atoms with Gasteiger partial charge < -0.3 is 10.1 Å². The van der Waals surface area contributed by atoms with E-state index < -0.39 is 0 Å². The summed E-state index contributed by atoms with van der Waals surface area (Å²) in [7, 11) is 0. The maximum absolute atomic E-state index is 11.6. The maximum atomic E-state index is 11.6. The number of amides is 1. The fraction of sp³-hybridized carbons (Fsp3) is 0.682. The molecule has 138 valence electrons. The minimum Gasteiger partial charge on any atom is -0.494 e. The van der Waals surface area contributed by atoms with E-state index in [1.54, 1.807) is 0 Å². The van der Waals surface area contributed by atoms with Gasteiger partial charge >= 0.3 is 0 Å². The van der Waals surface area contributed by atoms with Gasteiger partial charge in [-0.2, -0.15) is 0 Å². The molecule has 2 saturated carbocycles. The Labute approximate surface area is 152 Å². The molecule has 1 N–H and O–H groups in total. The Kier molecular flexibility index (Phi) is 6.77. The Hall–Kier alpha value is -1.51. The van der Waals surface area contributed by atoms with Crippen LogP contribution in [0.2, 0.25) is 0 Å². The van der Waals surface area contributed by atoms with Crippen molar-refractivity contribution in [3.63, 3.8) is 0 Å². The van der Waals surface area contributed by atoms with Crippen LogP contribution >= 0.6 is 0 Å². The molecule has 0 heterocycles. The number of nitrogens with one attached hydrogen (secondary N) is 1. The van der Waals surface area contributed by atoms with Gasteiger partial charge in [0, 0.05) is 13.0 Å². The molecule has 0 spiro atoms. The fourth-order valence-corrected chi connectivity index (χ4v) is 4.14. The average molecular weight is 344 g/mol. The summed E-state index contributed by atoms with van der Waals surface area (Å²) in [6, 6.07) is 8.57. The summed E-state index contributed by atoms with van der Waals surface area (Å²) in [5, 5.41) is 3.06. The largest absolute Gasteiger partial charge is 0.494 e. The Morgan fingerprint density at radius 1 is 1.28 bits per heavy atom. The van der Waals surface area contributed by atoms with E-state index in [9.17, 15) is 4.79 Å². The van der Waals surface area contributed by atoms with Crippen LogP contribution in [-0.4, -0.2) is 19.1 Å². The van der Waals surface area contributed by atoms with Gasteiger partial charge in [-0.1, -0.05) is 44.7 Å². The molecule has 3 rings (SSSR count). The molecule has 0 aromatic heterocycles. The molecule has 1 aromatic rings. The van der Waals surface area contributed by atoms with Gasteiger partial charge in [-0.25, -0.2) is 0 Å². The van der Waals surface area contributed by atoms with E-state index in [4.69, 9.17) is 4.74 Å². The van der Waals surface area contributed by atoms with Crippen LogP contribution < -0.4 is 10.1 Å². The molecule has 1 aromatic carbocycles. The van der Waals surface area contributed by atoms with Gasteiger partial charge in [-0.05, 0) is 61.1 Å². The third-order valence-corrected chi connectivity index (χ3v) is 5.75. The van der Waals surface area contributed by atoms with E-state index in [0.717, 1.165) is 31.2 Å². The summed E-state index contributed by atoms with van der Waals surface area (Å²) in [5.41, 5.74) is 1.36. The average Bonchev–Trinajstić information content (AvgIpc) is 3.22. The van der Waals surface area contributed by atoms with Crippen molar-refractivity contribution in [1.29, 1.82) is 0 Å². The number of ether oxygens (including phenoxy) is 1. The third-order valence-electron chi connectivity index (χ3n) is 5.75. The molecule has 0 radical (unpaired) electrons. The van der Waals surface area contributed by atoms with Gasteiger partial charge in [0.15, 0.2) is 0 Å². The second kappa shape index (κ2) is 9.26.